The lowest BCUT2D eigenvalue weighted by Crippen LogP contribution is -2.36. The van der Waals surface area contributed by atoms with Crippen molar-refractivity contribution in [1.29, 1.82) is 0 Å². The Labute approximate surface area is 97.3 Å². The maximum absolute atomic E-state index is 10.8. The second-order valence-corrected chi connectivity index (χ2v) is 5.33. The van der Waals surface area contributed by atoms with E-state index >= 15 is 0 Å². The summed E-state index contributed by atoms with van der Waals surface area (Å²) in [6.07, 6.45) is 3.03. The molecule has 0 spiro atoms. The minimum absolute atomic E-state index is 0.0401. The zero-order valence-electron chi connectivity index (χ0n) is 10.3. The second kappa shape index (κ2) is 3.77. The van der Waals surface area contributed by atoms with E-state index in [4.69, 9.17) is 4.74 Å². The van der Waals surface area contributed by atoms with Gasteiger partial charge in [-0.1, -0.05) is 26.0 Å². The summed E-state index contributed by atoms with van der Waals surface area (Å²) in [5, 5.41) is 10.8. The Balaban J connectivity index is 2.35. The van der Waals surface area contributed by atoms with Crippen LogP contribution in [0.25, 0.3) is 0 Å². The highest BCUT2D eigenvalue weighted by Crippen LogP contribution is 2.52. The number of rotatable bonds is 2. The molecule has 2 rings (SSSR count). The molecule has 0 aromatic heterocycles. The Hall–Kier alpha value is -1.02. The van der Waals surface area contributed by atoms with Gasteiger partial charge in [0.15, 0.2) is 0 Å². The van der Waals surface area contributed by atoms with Gasteiger partial charge >= 0.3 is 0 Å². The highest BCUT2D eigenvalue weighted by atomic mass is 16.5. The fraction of sp³-hybridized carbons (Fsp3) is 0.571. The highest BCUT2D eigenvalue weighted by Gasteiger charge is 2.48. The zero-order chi connectivity index (χ0) is 11.8. The van der Waals surface area contributed by atoms with Gasteiger partial charge in [0.2, 0.25) is 0 Å². The third-order valence-electron chi connectivity index (χ3n) is 4.03. The van der Waals surface area contributed by atoms with Crippen LogP contribution >= 0.6 is 0 Å². The van der Waals surface area contributed by atoms with Crippen LogP contribution < -0.4 is 4.74 Å². The number of aliphatic hydroxyl groups is 1. The maximum atomic E-state index is 10.8. The third-order valence-corrected chi connectivity index (χ3v) is 4.03. The summed E-state index contributed by atoms with van der Waals surface area (Å²) in [5.41, 5.74) is 0.289. The van der Waals surface area contributed by atoms with Crippen LogP contribution in [0.5, 0.6) is 5.75 Å². The van der Waals surface area contributed by atoms with Crippen LogP contribution in [-0.4, -0.2) is 12.2 Å². The van der Waals surface area contributed by atoms with Gasteiger partial charge in [-0.05, 0) is 42.4 Å². The molecular weight excluding hydrogens is 200 g/mol. The summed E-state index contributed by atoms with van der Waals surface area (Å²) in [6, 6.07) is 7.79. The molecule has 2 nitrogen and oxygen atoms in total. The summed E-state index contributed by atoms with van der Waals surface area (Å²) in [7, 11) is 1.66. The van der Waals surface area contributed by atoms with E-state index in [1.807, 2.05) is 24.3 Å². The Kier molecular flexibility index (Phi) is 2.70. The number of benzene rings is 1. The molecule has 1 aromatic carbocycles. The van der Waals surface area contributed by atoms with Crippen molar-refractivity contribution in [2.24, 2.45) is 5.41 Å². The van der Waals surface area contributed by atoms with Crippen molar-refractivity contribution < 1.29 is 9.84 Å². The predicted molar refractivity (Wildman–Crippen MR) is 64.5 cm³/mol. The largest absolute Gasteiger partial charge is 0.497 e. The van der Waals surface area contributed by atoms with E-state index in [1.165, 1.54) is 0 Å². The molecule has 0 radical (unpaired) electrons. The van der Waals surface area contributed by atoms with Crippen molar-refractivity contribution in [2.45, 2.75) is 38.7 Å². The highest BCUT2D eigenvalue weighted by molar-refractivity contribution is 5.32. The van der Waals surface area contributed by atoms with E-state index in [9.17, 15) is 5.11 Å². The number of hydrogen-bond donors (Lipinski definition) is 1. The quantitative estimate of drug-likeness (QED) is 0.830. The van der Waals surface area contributed by atoms with Gasteiger partial charge in [-0.25, -0.2) is 0 Å². The van der Waals surface area contributed by atoms with E-state index in [0.717, 1.165) is 30.6 Å². The van der Waals surface area contributed by atoms with E-state index in [0.29, 0.717) is 0 Å². The van der Waals surface area contributed by atoms with Crippen LogP contribution in [0, 0.1) is 5.41 Å². The van der Waals surface area contributed by atoms with Crippen molar-refractivity contribution in [2.75, 3.05) is 7.11 Å². The zero-order valence-corrected chi connectivity index (χ0v) is 10.3. The molecule has 1 N–H and O–H groups in total. The fourth-order valence-corrected chi connectivity index (χ4v) is 2.73. The lowest BCUT2D eigenvalue weighted by molar-refractivity contribution is -0.0485. The smallest absolute Gasteiger partial charge is 0.118 e. The molecule has 88 valence electrons. The molecule has 1 atom stereocenters. The van der Waals surface area contributed by atoms with Gasteiger partial charge in [-0.2, -0.15) is 0 Å². The SMILES string of the molecule is COc1ccc(C2(O)CCCC2(C)C)cc1. The van der Waals surface area contributed by atoms with E-state index in [1.54, 1.807) is 7.11 Å². The van der Waals surface area contributed by atoms with Gasteiger partial charge in [0.1, 0.15) is 5.75 Å². The van der Waals surface area contributed by atoms with E-state index in [2.05, 4.69) is 13.8 Å². The summed E-state index contributed by atoms with van der Waals surface area (Å²) < 4.78 is 5.14. The molecule has 16 heavy (non-hydrogen) atoms. The van der Waals surface area contributed by atoms with Crippen LogP contribution in [0.3, 0.4) is 0 Å². The number of ether oxygens (including phenoxy) is 1. The molecule has 0 saturated heterocycles. The topological polar surface area (TPSA) is 29.5 Å². The van der Waals surface area contributed by atoms with Crippen molar-refractivity contribution >= 4 is 0 Å². The van der Waals surface area contributed by atoms with Crippen LogP contribution in [0.2, 0.25) is 0 Å². The Morgan fingerprint density at radius 1 is 1.12 bits per heavy atom. The van der Waals surface area contributed by atoms with Crippen molar-refractivity contribution in [3.8, 4) is 5.75 Å². The molecule has 1 aliphatic rings. The molecule has 2 heteroatoms. The normalized spacial score (nSPS) is 28.0. The average Bonchev–Trinajstić information content (AvgIpc) is 2.55. The average molecular weight is 220 g/mol. The summed E-state index contributed by atoms with van der Waals surface area (Å²) >= 11 is 0. The monoisotopic (exact) mass is 220 g/mol. The Bertz CT molecular complexity index is 367. The molecule has 0 amide bonds. The van der Waals surface area contributed by atoms with Crippen molar-refractivity contribution in [3.05, 3.63) is 29.8 Å². The van der Waals surface area contributed by atoms with Crippen molar-refractivity contribution in [1.82, 2.24) is 0 Å². The first kappa shape index (κ1) is 11.5. The fourth-order valence-electron chi connectivity index (χ4n) is 2.73. The van der Waals surface area contributed by atoms with Crippen LogP contribution in [0.1, 0.15) is 38.7 Å². The van der Waals surface area contributed by atoms with Gasteiger partial charge in [0, 0.05) is 0 Å². The predicted octanol–water partition coefficient (Wildman–Crippen LogP) is 3.09. The first-order chi connectivity index (χ1) is 7.49. The maximum Gasteiger partial charge on any atom is 0.118 e. The first-order valence-electron chi connectivity index (χ1n) is 5.86. The molecule has 1 saturated carbocycles. The standard InChI is InChI=1S/C14H20O2/c1-13(2)9-4-10-14(13,15)11-5-7-12(16-3)8-6-11/h5-8,15H,4,9-10H2,1-3H3. The lowest BCUT2D eigenvalue weighted by Gasteiger charge is -2.37. The summed E-state index contributed by atoms with van der Waals surface area (Å²) in [6.45, 7) is 4.29. The van der Waals surface area contributed by atoms with E-state index in [-0.39, 0.29) is 5.41 Å². The van der Waals surface area contributed by atoms with Crippen molar-refractivity contribution in [3.63, 3.8) is 0 Å². The molecule has 1 unspecified atom stereocenters. The Morgan fingerprint density at radius 3 is 2.19 bits per heavy atom. The summed E-state index contributed by atoms with van der Waals surface area (Å²) in [4.78, 5) is 0. The molecule has 0 aliphatic heterocycles. The Morgan fingerprint density at radius 2 is 1.75 bits per heavy atom. The van der Waals surface area contributed by atoms with Gasteiger partial charge in [0.25, 0.3) is 0 Å². The number of methoxy groups -OCH3 is 1. The molecule has 1 fully saturated rings. The second-order valence-electron chi connectivity index (χ2n) is 5.33. The number of hydrogen-bond acceptors (Lipinski definition) is 2. The molecule has 1 aliphatic carbocycles. The van der Waals surface area contributed by atoms with Crippen LogP contribution in [0.15, 0.2) is 24.3 Å². The van der Waals surface area contributed by atoms with Gasteiger partial charge < -0.3 is 9.84 Å². The first-order valence-corrected chi connectivity index (χ1v) is 5.86. The molecule has 1 aromatic rings. The minimum atomic E-state index is -0.681. The van der Waals surface area contributed by atoms with Gasteiger partial charge in [-0.3, -0.25) is 0 Å². The minimum Gasteiger partial charge on any atom is -0.497 e. The van der Waals surface area contributed by atoms with Crippen LogP contribution in [0.4, 0.5) is 0 Å². The van der Waals surface area contributed by atoms with Gasteiger partial charge in [-0.15, -0.1) is 0 Å². The van der Waals surface area contributed by atoms with Gasteiger partial charge in [0.05, 0.1) is 12.7 Å². The van der Waals surface area contributed by atoms with E-state index < -0.39 is 5.60 Å². The molecule has 0 bridgehead atoms. The van der Waals surface area contributed by atoms with Crippen LogP contribution in [-0.2, 0) is 5.60 Å². The lowest BCUT2D eigenvalue weighted by atomic mass is 9.73. The summed E-state index contributed by atoms with van der Waals surface area (Å²) in [5.74, 6) is 0.836. The molecular formula is C14H20O2. The third kappa shape index (κ3) is 1.61. The molecule has 0 heterocycles.